The van der Waals surface area contributed by atoms with E-state index in [4.69, 9.17) is 0 Å². The van der Waals surface area contributed by atoms with Gasteiger partial charge in [0.2, 0.25) is 5.91 Å². The summed E-state index contributed by atoms with van der Waals surface area (Å²) in [5.41, 5.74) is -0.362. The van der Waals surface area contributed by atoms with Gasteiger partial charge in [0.15, 0.2) is 0 Å². The van der Waals surface area contributed by atoms with E-state index in [1.165, 1.54) is 0 Å². The molecule has 3 atom stereocenters. The highest BCUT2D eigenvalue weighted by atomic mass is 32.2. The van der Waals surface area contributed by atoms with Crippen LogP contribution in [0.4, 0.5) is 0 Å². The zero-order chi connectivity index (χ0) is 14.6. The van der Waals surface area contributed by atoms with Crippen molar-refractivity contribution in [2.45, 2.75) is 59.2 Å². The van der Waals surface area contributed by atoms with Crippen molar-refractivity contribution in [1.82, 2.24) is 10.2 Å². The molecule has 0 aromatic rings. The minimum absolute atomic E-state index is 0.210. The minimum atomic E-state index is -0.362. The smallest absolute Gasteiger partial charge is 0.243 e. The summed E-state index contributed by atoms with van der Waals surface area (Å²) < 4.78 is 0. The third kappa shape index (κ3) is 4.12. The van der Waals surface area contributed by atoms with Gasteiger partial charge >= 0.3 is 0 Å². The van der Waals surface area contributed by atoms with E-state index in [1.54, 1.807) is 0 Å². The number of hydrogen-bond acceptors (Lipinski definition) is 3. The Morgan fingerprint density at radius 2 is 2.05 bits per heavy atom. The molecule has 0 saturated carbocycles. The highest BCUT2D eigenvalue weighted by molar-refractivity contribution is 7.98. The van der Waals surface area contributed by atoms with Crippen molar-refractivity contribution in [3.8, 4) is 0 Å². The average molecular weight is 286 g/mol. The second-order valence-electron chi connectivity index (χ2n) is 6.49. The molecule has 0 aromatic heterocycles. The molecule has 112 valence electrons. The lowest BCUT2D eigenvalue weighted by atomic mass is 9.99. The Bertz CT molecular complexity index is 309. The van der Waals surface area contributed by atoms with Crippen LogP contribution in [0.15, 0.2) is 0 Å². The van der Waals surface area contributed by atoms with E-state index in [2.05, 4.69) is 44.2 Å². The molecule has 0 bridgehead atoms. The van der Waals surface area contributed by atoms with E-state index in [0.29, 0.717) is 11.8 Å². The van der Waals surface area contributed by atoms with Gasteiger partial charge in [-0.25, -0.2) is 0 Å². The molecule has 1 fully saturated rings. The number of rotatable bonds is 7. The van der Waals surface area contributed by atoms with Gasteiger partial charge in [0.05, 0.1) is 11.7 Å². The van der Waals surface area contributed by atoms with Gasteiger partial charge in [-0.05, 0) is 43.6 Å². The number of thioether (sulfide) groups is 1. The summed E-state index contributed by atoms with van der Waals surface area (Å²) in [5.74, 6) is 2.55. The van der Waals surface area contributed by atoms with Crippen molar-refractivity contribution < 1.29 is 4.79 Å². The Hall–Kier alpha value is -0.220. The molecule has 0 aromatic carbocycles. The summed E-state index contributed by atoms with van der Waals surface area (Å²) in [4.78, 5) is 14.7. The van der Waals surface area contributed by atoms with Crippen molar-refractivity contribution in [1.29, 1.82) is 0 Å². The number of hydrogen-bond donors (Lipinski definition) is 1. The molecule has 1 aliphatic rings. The lowest BCUT2D eigenvalue weighted by molar-refractivity contribution is -0.133. The first-order chi connectivity index (χ1) is 8.84. The number of carbonyl (C=O) groups is 1. The van der Waals surface area contributed by atoms with Crippen LogP contribution in [-0.2, 0) is 4.79 Å². The normalized spacial score (nSPS) is 29.3. The van der Waals surface area contributed by atoms with Crippen molar-refractivity contribution >= 4 is 17.7 Å². The van der Waals surface area contributed by atoms with Crippen molar-refractivity contribution in [3.63, 3.8) is 0 Å². The maximum atomic E-state index is 12.6. The molecule has 1 saturated heterocycles. The molecule has 0 spiro atoms. The Kier molecular flexibility index (Phi) is 6.18. The molecule has 0 aliphatic carbocycles. The topological polar surface area (TPSA) is 32.3 Å². The zero-order valence-corrected chi connectivity index (χ0v) is 14.1. The van der Waals surface area contributed by atoms with Crippen LogP contribution >= 0.6 is 11.8 Å². The Morgan fingerprint density at radius 3 is 2.53 bits per heavy atom. The fraction of sp³-hybridized carbons (Fsp3) is 0.933. The van der Waals surface area contributed by atoms with Gasteiger partial charge in [0.25, 0.3) is 0 Å². The molecule has 1 aliphatic heterocycles. The summed E-state index contributed by atoms with van der Waals surface area (Å²) in [5, 5.41) is 3.57. The number of nitrogens with one attached hydrogen (secondary N) is 1. The van der Waals surface area contributed by atoms with Gasteiger partial charge in [-0.3, -0.25) is 10.1 Å². The van der Waals surface area contributed by atoms with Crippen LogP contribution in [0.25, 0.3) is 0 Å². The summed E-state index contributed by atoms with van der Waals surface area (Å²) in [6.07, 6.45) is 4.23. The maximum Gasteiger partial charge on any atom is 0.243 e. The van der Waals surface area contributed by atoms with Crippen LogP contribution in [0.2, 0.25) is 0 Å². The Labute approximate surface area is 122 Å². The summed E-state index contributed by atoms with van der Waals surface area (Å²) in [7, 11) is 0. The summed E-state index contributed by atoms with van der Waals surface area (Å²) in [6, 6.07) is 0. The highest BCUT2D eigenvalue weighted by Gasteiger charge is 2.46. The number of amides is 1. The second-order valence-corrected chi connectivity index (χ2v) is 7.40. The third-order valence-electron chi connectivity index (χ3n) is 3.96. The van der Waals surface area contributed by atoms with Crippen LogP contribution in [-0.4, -0.2) is 41.1 Å². The third-order valence-corrected chi connectivity index (χ3v) is 4.86. The Morgan fingerprint density at radius 1 is 1.42 bits per heavy atom. The molecule has 19 heavy (non-hydrogen) atoms. The number of carbonyl (C=O) groups excluding carboxylic acids is 1. The molecule has 3 unspecified atom stereocenters. The summed E-state index contributed by atoms with van der Waals surface area (Å²) in [6.45, 7) is 11.7. The first-order valence-electron chi connectivity index (χ1n) is 7.41. The van der Waals surface area contributed by atoms with Crippen molar-refractivity contribution in [2.24, 2.45) is 11.8 Å². The minimum Gasteiger partial charge on any atom is -0.325 e. The highest BCUT2D eigenvalue weighted by Crippen LogP contribution is 2.27. The van der Waals surface area contributed by atoms with Gasteiger partial charge in [-0.1, -0.05) is 27.7 Å². The fourth-order valence-corrected chi connectivity index (χ4v) is 3.41. The zero-order valence-electron chi connectivity index (χ0n) is 13.3. The Balaban J connectivity index is 2.79. The molecular weight excluding hydrogens is 256 g/mol. The first-order valence-corrected chi connectivity index (χ1v) is 8.81. The maximum absolute atomic E-state index is 12.6. The van der Waals surface area contributed by atoms with E-state index in [9.17, 15) is 4.79 Å². The molecule has 4 heteroatoms. The van der Waals surface area contributed by atoms with E-state index in [0.717, 1.165) is 25.1 Å². The quantitative estimate of drug-likeness (QED) is 0.781. The van der Waals surface area contributed by atoms with E-state index < -0.39 is 0 Å². The molecule has 3 nitrogen and oxygen atoms in total. The van der Waals surface area contributed by atoms with Crippen LogP contribution < -0.4 is 5.32 Å². The fourth-order valence-electron chi connectivity index (χ4n) is 2.74. The monoisotopic (exact) mass is 286 g/mol. The summed E-state index contributed by atoms with van der Waals surface area (Å²) >= 11 is 1.86. The predicted molar refractivity (Wildman–Crippen MR) is 84.3 cm³/mol. The van der Waals surface area contributed by atoms with Crippen molar-refractivity contribution in [2.75, 3.05) is 18.6 Å². The first kappa shape index (κ1) is 16.8. The van der Waals surface area contributed by atoms with Gasteiger partial charge in [-0.2, -0.15) is 11.8 Å². The van der Waals surface area contributed by atoms with Crippen LogP contribution in [0.5, 0.6) is 0 Å². The van der Waals surface area contributed by atoms with Crippen molar-refractivity contribution in [3.05, 3.63) is 0 Å². The lowest BCUT2D eigenvalue weighted by Gasteiger charge is -2.28. The van der Waals surface area contributed by atoms with E-state index in [1.807, 2.05) is 18.7 Å². The molecule has 1 heterocycles. The molecule has 1 amide bonds. The largest absolute Gasteiger partial charge is 0.325 e. The molecule has 1 N–H and O–H groups in total. The SMILES string of the molecule is CCC1(C)NC(CC(C)C)N(CC(C)CSC)C1=O. The molecule has 0 radical (unpaired) electrons. The lowest BCUT2D eigenvalue weighted by Crippen LogP contribution is -2.44. The van der Waals surface area contributed by atoms with Gasteiger partial charge in [-0.15, -0.1) is 0 Å². The molecule has 1 rings (SSSR count). The van der Waals surface area contributed by atoms with Gasteiger partial charge < -0.3 is 4.90 Å². The van der Waals surface area contributed by atoms with E-state index in [-0.39, 0.29) is 17.6 Å². The predicted octanol–water partition coefficient (Wildman–Crippen LogP) is 2.96. The van der Waals surface area contributed by atoms with Gasteiger partial charge in [0.1, 0.15) is 0 Å². The number of nitrogens with zero attached hydrogens (tertiary/aromatic N) is 1. The van der Waals surface area contributed by atoms with Gasteiger partial charge in [0, 0.05) is 6.54 Å². The van der Waals surface area contributed by atoms with Crippen LogP contribution in [0.3, 0.4) is 0 Å². The van der Waals surface area contributed by atoms with Crippen LogP contribution in [0.1, 0.15) is 47.5 Å². The average Bonchev–Trinajstić information content (AvgIpc) is 2.54. The van der Waals surface area contributed by atoms with Crippen LogP contribution in [0, 0.1) is 11.8 Å². The standard InChI is InChI=1S/C15H30N2OS/c1-7-15(5)14(18)17(9-12(4)10-19-6)13(16-15)8-11(2)3/h11-13,16H,7-10H2,1-6H3. The molecular formula is C15H30N2OS. The van der Waals surface area contributed by atoms with E-state index >= 15 is 0 Å². The second kappa shape index (κ2) is 6.98.